The first-order chi connectivity index (χ1) is 1.00. The van der Waals surface area contributed by atoms with Crippen molar-refractivity contribution >= 4 is 0 Å². The molecule has 0 aromatic heterocycles. The molecule has 0 fully saturated rings. The Morgan fingerprint density at radius 2 is 0.750 bits per heavy atom. The quantitative estimate of drug-likeness (QED) is 0.487. The summed E-state index contributed by atoms with van der Waals surface area (Å²) in [5, 5.41) is 12.0. The van der Waals surface area contributed by atoms with Gasteiger partial charge in [-0.15, -0.1) is 0 Å². The average Bonchev–Trinajstić information content (AvgIpc) is 1.00. The molecule has 2 nitrogen and oxygen atoms in total. The average molecular weight is 324 g/mol. The molecule has 0 aromatic carbocycles. The summed E-state index contributed by atoms with van der Waals surface area (Å²) in [5.41, 5.74) is 0. The molecular weight excluding hydrogens is 322 g/mol. The predicted molar refractivity (Wildman–Crippen MR) is 5.26 cm³/mol. The molecule has 24 valence electrons. The van der Waals surface area contributed by atoms with Gasteiger partial charge in [-0.2, -0.15) is 0 Å². The molecule has 0 amide bonds. The first kappa shape index (κ1) is 16.0. The van der Waals surface area contributed by atoms with Crippen molar-refractivity contribution in [3.63, 3.8) is 0 Å². The molecule has 0 aliphatic carbocycles. The molecule has 0 rings (SSSR count). The van der Waals surface area contributed by atoms with Crippen LogP contribution in [-0.4, -0.2) is 10.5 Å². The van der Waals surface area contributed by atoms with Gasteiger partial charge in [0.1, 0.15) is 0 Å². The SMILES string of the molecule is OO.[Pm].[Pm]. The Balaban J connectivity index is -0.00000000500. The van der Waals surface area contributed by atoms with E-state index in [1.54, 1.807) is 0 Å². The minimum absolute atomic E-state index is 0. The third-order valence-corrected chi connectivity index (χ3v) is 0. The van der Waals surface area contributed by atoms with Crippen molar-refractivity contribution < 1.29 is 91.3 Å². The van der Waals surface area contributed by atoms with E-state index in [1.165, 1.54) is 0 Å². The Bertz CT molecular complexity index is 4.00. The molecule has 0 aliphatic heterocycles. The first-order valence-electron chi connectivity index (χ1n) is 0.200. The van der Waals surface area contributed by atoms with E-state index in [9.17, 15) is 0 Å². The van der Waals surface area contributed by atoms with Crippen LogP contribution in [0.3, 0.4) is 0 Å². The van der Waals surface area contributed by atoms with Crippen molar-refractivity contribution in [2.45, 2.75) is 0 Å². The van der Waals surface area contributed by atoms with Crippen LogP contribution >= 0.6 is 0 Å². The monoisotopic (exact) mass is 324 g/mol. The molecule has 0 bridgehead atoms. The maximum atomic E-state index is 6.00. The second kappa shape index (κ2) is 17.5. The second-order valence-electron chi connectivity index (χ2n) is 0. The molecule has 4 heteroatoms. The molecule has 0 atom stereocenters. The minimum atomic E-state index is 0. The largest absolute Gasteiger partial charge is 0.255 e. The Hall–Kier alpha value is 2.60. The van der Waals surface area contributed by atoms with Crippen molar-refractivity contribution in [3.8, 4) is 0 Å². The van der Waals surface area contributed by atoms with Gasteiger partial charge in [0.15, 0.2) is 0 Å². The van der Waals surface area contributed by atoms with Gasteiger partial charge in [-0.25, -0.2) is 0 Å². The zero-order chi connectivity index (χ0) is 2.00. The van der Waals surface area contributed by atoms with Gasteiger partial charge in [-0.1, -0.05) is 0 Å². The van der Waals surface area contributed by atoms with Gasteiger partial charge in [-0.3, -0.25) is 10.5 Å². The summed E-state index contributed by atoms with van der Waals surface area (Å²) in [6, 6.07) is 0. The molecule has 0 saturated carbocycles. The summed E-state index contributed by atoms with van der Waals surface area (Å²) in [6.45, 7) is 0. The van der Waals surface area contributed by atoms with Crippen LogP contribution in [0.25, 0.3) is 0 Å². The van der Waals surface area contributed by atoms with Crippen molar-refractivity contribution in [2.75, 3.05) is 0 Å². The van der Waals surface area contributed by atoms with E-state index in [4.69, 9.17) is 10.5 Å². The van der Waals surface area contributed by atoms with E-state index >= 15 is 0 Å². The minimum Gasteiger partial charge on any atom is -0.255 e. The van der Waals surface area contributed by atoms with E-state index in [-0.39, 0.29) is 80.8 Å². The van der Waals surface area contributed by atoms with Gasteiger partial charge in [0.2, 0.25) is 0 Å². The standard InChI is InChI=1S/H2O2.2Pm/c1-2;;/h1-2H;;. The van der Waals surface area contributed by atoms with Crippen LogP contribution in [0, 0.1) is 80.8 Å². The fourth-order valence-electron chi connectivity index (χ4n) is 0. The zero-order valence-electron chi connectivity index (χ0n) is 1.79. The van der Waals surface area contributed by atoms with Crippen molar-refractivity contribution in [1.29, 1.82) is 0 Å². The van der Waals surface area contributed by atoms with Gasteiger partial charge < -0.3 is 0 Å². The Labute approximate surface area is 89.1 Å². The van der Waals surface area contributed by atoms with E-state index in [1.807, 2.05) is 0 Å². The molecule has 2 radical (unpaired) electrons. The molecule has 0 saturated heterocycles. The summed E-state index contributed by atoms with van der Waals surface area (Å²) >= 11 is 0. The molecule has 0 unspecified atom stereocenters. The summed E-state index contributed by atoms with van der Waals surface area (Å²) in [7, 11) is 0. The summed E-state index contributed by atoms with van der Waals surface area (Å²) in [4.78, 5) is 0. The van der Waals surface area contributed by atoms with Crippen LogP contribution in [0.15, 0.2) is 0 Å². The molecular formula is H2O2Pm2. The number of hydrogen-bond donors (Lipinski definition) is 2. The molecule has 4 heavy (non-hydrogen) atoms. The van der Waals surface area contributed by atoms with Crippen LogP contribution in [0.5, 0.6) is 0 Å². The third-order valence-electron chi connectivity index (χ3n) is 0. The first-order valence-corrected chi connectivity index (χ1v) is 0.200. The van der Waals surface area contributed by atoms with Crippen LogP contribution < -0.4 is 0 Å². The summed E-state index contributed by atoms with van der Waals surface area (Å²) in [6.07, 6.45) is 0. The van der Waals surface area contributed by atoms with E-state index in [2.05, 4.69) is 0 Å². The smallest absolute Gasteiger partial charge is 0 e. The fourth-order valence-corrected chi connectivity index (χ4v) is 0. The normalized spacial score (nSPS) is 1.50. The van der Waals surface area contributed by atoms with Gasteiger partial charge in [0.25, 0.3) is 0 Å². The third kappa shape index (κ3) is 8.82. The molecule has 0 aliphatic rings. The Morgan fingerprint density at radius 3 is 0.750 bits per heavy atom. The van der Waals surface area contributed by atoms with Gasteiger partial charge >= 0.3 is 0 Å². The van der Waals surface area contributed by atoms with Crippen LogP contribution in [0.1, 0.15) is 0 Å². The van der Waals surface area contributed by atoms with Crippen molar-refractivity contribution in [1.82, 2.24) is 0 Å². The van der Waals surface area contributed by atoms with Crippen molar-refractivity contribution in [3.05, 3.63) is 0 Å². The van der Waals surface area contributed by atoms with E-state index in [0.717, 1.165) is 0 Å². The topological polar surface area (TPSA) is 40.5 Å². The Morgan fingerprint density at radius 1 is 0.750 bits per heavy atom. The predicted octanol–water partition coefficient (Wildman–Crippen LogP) is 0.0174. The molecule has 0 aromatic rings. The maximum Gasteiger partial charge on any atom is 0 e. The van der Waals surface area contributed by atoms with Crippen LogP contribution in [0.4, 0.5) is 0 Å². The van der Waals surface area contributed by atoms with Crippen LogP contribution in [0.2, 0.25) is 0 Å². The second-order valence-corrected chi connectivity index (χ2v) is 0. The number of hydrogen-bond acceptors (Lipinski definition) is 2. The molecule has 2 N–H and O–H groups in total. The van der Waals surface area contributed by atoms with Gasteiger partial charge in [0, 0.05) is 80.8 Å². The fraction of sp³-hybridized carbons (Fsp3) is 0. The maximum absolute atomic E-state index is 6.00. The molecule has 0 spiro atoms. The van der Waals surface area contributed by atoms with Crippen LogP contribution in [-0.2, 0) is 0 Å². The zero-order valence-corrected chi connectivity index (χ0v) is 7.53. The summed E-state index contributed by atoms with van der Waals surface area (Å²) < 4.78 is 0. The molecule has 0 heterocycles. The van der Waals surface area contributed by atoms with Gasteiger partial charge in [-0.05, 0) is 0 Å². The summed E-state index contributed by atoms with van der Waals surface area (Å²) in [5.74, 6) is 0. The number of rotatable bonds is 0. The van der Waals surface area contributed by atoms with Gasteiger partial charge in [0.05, 0.1) is 0 Å². The van der Waals surface area contributed by atoms with E-state index in [0.29, 0.717) is 0 Å². The van der Waals surface area contributed by atoms with E-state index < -0.39 is 0 Å². The Kier molecular flexibility index (Phi) is 70.1. The van der Waals surface area contributed by atoms with Crippen molar-refractivity contribution in [2.24, 2.45) is 0 Å².